The lowest BCUT2D eigenvalue weighted by atomic mass is 10.2. The number of nitriles is 1. The van der Waals surface area contributed by atoms with Crippen LogP contribution in [0.5, 0.6) is 0 Å². The Morgan fingerprint density at radius 3 is 2.36 bits per heavy atom. The molecule has 2 N–H and O–H groups in total. The van der Waals surface area contributed by atoms with Crippen molar-refractivity contribution < 1.29 is 19.1 Å². The van der Waals surface area contributed by atoms with Crippen LogP contribution >= 0.6 is 11.6 Å². The van der Waals surface area contributed by atoms with E-state index in [0.29, 0.717) is 16.3 Å². The van der Waals surface area contributed by atoms with E-state index in [1.54, 1.807) is 36.4 Å². The largest absolute Gasteiger partial charge is 0.451 e. The molecular weight excluding hydrogens is 382 g/mol. The van der Waals surface area contributed by atoms with E-state index in [-0.39, 0.29) is 5.56 Å². The molecular formula is C20H18ClN3O4. The van der Waals surface area contributed by atoms with Gasteiger partial charge in [0.1, 0.15) is 12.1 Å². The number of ether oxygens (including phenoxy) is 1. The second-order valence-electron chi connectivity index (χ2n) is 5.93. The number of benzene rings is 2. The maximum absolute atomic E-state index is 12.2. The SMILES string of the molecule is C[C@H](NC(=O)c1ccc(Cl)cc1)C(=O)O[C@H](C)C(=O)Nc1ccccc1C#N. The van der Waals surface area contributed by atoms with Gasteiger partial charge in [-0.25, -0.2) is 4.79 Å². The Bertz CT molecular complexity index is 922. The molecule has 0 saturated carbocycles. The van der Waals surface area contributed by atoms with Gasteiger partial charge in [-0.15, -0.1) is 0 Å². The van der Waals surface area contributed by atoms with Crippen LogP contribution in [0.25, 0.3) is 0 Å². The molecule has 2 aromatic rings. The Morgan fingerprint density at radius 2 is 1.71 bits per heavy atom. The van der Waals surface area contributed by atoms with Crippen molar-refractivity contribution in [2.75, 3.05) is 5.32 Å². The van der Waals surface area contributed by atoms with Crippen molar-refractivity contribution in [2.24, 2.45) is 0 Å². The molecule has 0 aromatic heterocycles. The molecule has 0 aliphatic carbocycles. The average molecular weight is 400 g/mol. The number of rotatable bonds is 6. The molecule has 0 heterocycles. The third kappa shape index (κ3) is 5.56. The summed E-state index contributed by atoms with van der Waals surface area (Å²) in [6, 6.07) is 13.6. The first-order valence-electron chi connectivity index (χ1n) is 8.38. The van der Waals surface area contributed by atoms with Gasteiger partial charge in [-0.3, -0.25) is 9.59 Å². The lowest BCUT2D eigenvalue weighted by Crippen LogP contribution is -2.42. The molecule has 2 aromatic carbocycles. The highest BCUT2D eigenvalue weighted by Gasteiger charge is 2.24. The molecule has 0 fully saturated rings. The number of carbonyl (C=O) groups is 3. The fourth-order valence-corrected chi connectivity index (χ4v) is 2.32. The van der Waals surface area contributed by atoms with Gasteiger partial charge in [0.15, 0.2) is 6.10 Å². The molecule has 7 nitrogen and oxygen atoms in total. The number of para-hydroxylation sites is 1. The van der Waals surface area contributed by atoms with E-state index in [9.17, 15) is 14.4 Å². The summed E-state index contributed by atoms with van der Waals surface area (Å²) in [6.07, 6.45) is -1.12. The maximum atomic E-state index is 12.2. The van der Waals surface area contributed by atoms with Gasteiger partial charge in [-0.05, 0) is 50.2 Å². The van der Waals surface area contributed by atoms with E-state index < -0.39 is 29.9 Å². The monoisotopic (exact) mass is 399 g/mol. The van der Waals surface area contributed by atoms with E-state index in [2.05, 4.69) is 10.6 Å². The molecule has 0 unspecified atom stereocenters. The summed E-state index contributed by atoms with van der Waals surface area (Å²) in [7, 11) is 0. The first-order valence-corrected chi connectivity index (χ1v) is 8.76. The van der Waals surface area contributed by atoms with E-state index >= 15 is 0 Å². The second-order valence-corrected chi connectivity index (χ2v) is 6.36. The van der Waals surface area contributed by atoms with Gasteiger partial charge in [0.2, 0.25) is 0 Å². The predicted molar refractivity (Wildman–Crippen MR) is 104 cm³/mol. The second kappa shape index (κ2) is 9.53. The number of nitrogens with zero attached hydrogens (tertiary/aromatic N) is 1. The molecule has 0 aliphatic heterocycles. The lowest BCUT2D eigenvalue weighted by molar-refractivity contribution is -0.154. The molecule has 2 atom stereocenters. The molecule has 0 aliphatic rings. The zero-order chi connectivity index (χ0) is 20.7. The Labute approximate surface area is 167 Å². The van der Waals surface area contributed by atoms with Crippen LogP contribution in [0.15, 0.2) is 48.5 Å². The smallest absolute Gasteiger partial charge is 0.329 e. The quantitative estimate of drug-likeness (QED) is 0.726. The summed E-state index contributed by atoms with van der Waals surface area (Å²) in [5.74, 6) is -1.83. The normalized spacial score (nSPS) is 12.2. The third-order valence-electron chi connectivity index (χ3n) is 3.78. The molecule has 0 spiro atoms. The average Bonchev–Trinajstić information content (AvgIpc) is 2.68. The Morgan fingerprint density at radius 1 is 1.07 bits per heavy atom. The van der Waals surface area contributed by atoms with Crippen LogP contribution in [0.3, 0.4) is 0 Å². The number of esters is 1. The summed E-state index contributed by atoms with van der Waals surface area (Å²) < 4.78 is 5.11. The summed E-state index contributed by atoms with van der Waals surface area (Å²) in [6.45, 7) is 2.85. The van der Waals surface area contributed by atoms with Gasteiger partial charge < -0.3 is 15.4 Å². The number of halogens is 1. The van der Waals surface area contributed by atoms with Crippen molar-refractivity contribution in [1.29, 1.82) is 5.26 Å². The summed E-state index contributed by atoms with van der Waals surface area (Å²) in [5, 5.41) is 14.6. The minimum atomic E-state index is -1.12. The van der Waals surface area contributed by atoms with Crippen LogP contribution in [0.1, 0.15) is 29.8 Å². The van der Waals surface area contributed by atoms with Gasteiger partial charge in [-0.1, -0.05) is 23.7 Å². The zero-order valence-electron chi connectivity index (χ0n) is 15.2. The maximum Gasteiger partial charge on any atom is 0.329 e. The Hall–Kier alpha value is -3.37. The first kappa shape index (κ1) is 20.9. The van der Waals surface area contributed by atoms with Crippen LogP contribution in [0.2, 0.25) is 5.02 Å². The molecule has 2 rings (SSSR count). The van der Waals surface area contributed by atoms with E-state index in [4.69, 9.17) is 21.6 Å². The van der Waals surface area contributed by atoms with Gasteiger partial charge in [0.05, 0.1) is 11.3 Å². The number of carbonyl (C=O) groups excluding carboxylic acids is 3. The van der Waals surface area contributed by atoms with Crippen molar-refractivity contribution >= 4 is 35.1 Å². The number of nitrogens with one attached hydrogen (secondary N) is 2. The molecule has 8 heteroatoms. The van der Waals surface area contributed by atoms with Crippen molar-refractivity contribution in [2.45, 2.75) is 26.0 Å². The number of hydrogen-bond acceptors (Lipinski definition) is 5. The Kier molecular flexibility index (Phi) is 7.13. The van der Waals surface area contributed by atoms with Crippen LogP contribution in [0, 0.1) is 11.3 Å². The lowest BCUT2D eigenvalue weighted by Gasteiger charge is -2.18. The highest BCUT2D eigenvalue weighted by molar-refractivity contribution is 6.30. The van der Waals surface area contributed by atoms with Crippen LogP contribution < -0.4 is 10.6 Å². The standard InChI is InChI=1S/C20H18ClN3O4/c1-12(23-19(26)14-7-9-16(21)10-8-14)20(27)28-13(2)18(25)24-17-6-4-3-5-15(17)11-22/h3-10,12-13H,1-2H3,(H,23,26)(H,24,25)/t12-,13+/m0/s1. The highest BCUT2D eigenvalue weighted by atomic mass is 35.5. The summed E-state index contributed by atoms with van der Waals surface area (Å²) in [5.41, 5.74) is 0.947. The number of hydrogen-bond donors (Lipinski definition) is 2. The highest BCUT2D eigenvalue weighted by Crippen LogP contribution is 2.14. The fourth-order valence-electron chi connectivity index (χ4n) is 2.19. The summed E-state index contributed by atoms with van der Waals surface area (Å²) >= 11 is 5.78. The van der Waals surface area contributed by atoms with Crippen LogP contribution in [0.4, 0.5) is 5.69 Å². The molecule has 0 radical (unpaired) electrons. The summed E-state index contributed by atoms with van der Waals surface area (Å²) in [4.78, 5) is 36.5. The first-order chi connectivity index (χ1) is 13.3. The van der Waals surface area contributed by atoms with Gasteiger partial charge in [-0.2, -0.15) is 5.26 Å². The van der Waals surface area contributed by atoms with Gasteiger partial charge >= 0.3 is 5.97 Å². The van der Waals surface area contributed by atoms with Crippen molar-refractivity contribution in [1.82, 2.24) is 5.32 Å². The number of anilines is 1. The topological polar surface area (TPSA) is 108 Å². The predicted octanol–water partition coefficient (Wildman–Crippen LogP) is 2.90. The van der Waals surface area contributed by atoms with Crippen LogP contribution in [-0.4, -0.2) is 29.9 Å². The van der Waals surface area contributed by atoms with E-state index in [1.807, 2.05) is 6.07 Å². The molecule has 144 valence electrons. The van der Waals surface area contributed by atoms with Gasteiger partial charge in [0, 0.05) is 10.6 Å². The van der Waals surface area contributed by atoms with Crippen molar-refractivity contribution in [3.8, 4) is 6.07 Å². The van der Waals surface area contributed by atoms with E-state index in [1.165, 1.54) is 26.0 Å². The fraction of sp³-hybridized carbons (Fsp3) is 0.200. The molecule has 28 heavy (non-hydrogen) atoms. The Balaban J connectivity index is 1.91. The minimum absolute atomic E-state index is 0.290. The van der Waals surface area contributed by atoms with Crippen molar-refractivity contribution in [3.05, 3.63) is 64.7 Å². The molecule has 0 bridgehead atoms. The van der Waals surface area contributed by atoms with Crippen LogP contribution in [-0.2, 0) is 14.3 Å². The molecule has 2 amide bonds. The third-order valence-corrected chi connectivity index (χ3v) is 4.03. The zero-order valence-corrected chi connectivity index (χ0v) is 16.0. The molecule has 0 saturated heterocycles. The number of amides is 2. The minimum Gasteiger partial charge on any atom is -0.451 e. The van der Waals surface area contributed by atoms with E-state index in [0.717, 1.165) is 0 Å². The van der Waals surface area contributed by atoms with Gasteiger partial charge in [0.25, 0.3) is 11.8 Å². The van der Waals surface area contributed by atoms with Crippen molar-refractivity contribution in [3.63, 3.8) is 0 Å².